The van der Waals surface area contributed by atoms with Crippen LogP contribution in [0.5, 0.6) is 5.75 Å². The lowest BCUT2D eigenvalue weighted by Crippen LogP contribution is -2.37. The molecule has 0 radical (unpaired) electrons. The second-order valence-corrected chi connectivity index (χ2v) is 7.19. The van der Waals surface area contributed by atoms with Crippen molar-refractivity contribution in [2.24, 2.45) is 5.92 Å². The van der Waals surface area contributed by atoms with Crippen molar-refractivity contribution < 1.29 is 23.5 Å². The lowest BCUT2D eigenvalue weighted by Gasteiger charge is -2.14. The number of benzene rings is 2. The summed E-state index contributed by atoms with van der Waals surface area (Å²) in [6.45, 7) is 6.17. The molecule has 1 atom stereocenters. The van der Waals surface area contributed by atoms with Gasteiger partial charge in [0.1, 0.15) is 17.9 Å². The van der Waals surface area contributed by atoms with Crippen LogP contribution in [0.1, 0.15) is 36.9 Å². The number of carbonyl (C=O) groups excluding carboxylic acids is 2. The third-order valence-electron chi connectivity index (χ3n) is 4.35. The van der Waals surface area contributed by atoms with E-state index in [-0.39, 0.29) is 18.3 Å². The average Bonchev–Trinajstić information content (AvgIpc) is 3.10. The Morgan fingerprint density at radius 1 is 1.00 bits per heavy atom. The van der Waals surface area contributed by atoms with E-state index in [9.17, 15) is 9.59 Å². The first-order valence-corrected chi connectivity index (χ1v) is 9.62. The Morgan fingerprint density at radius 2 is 1.69 bits per heavy atom. The van der Waals surface area contributed by atoms with E-state index < -0.39 is 12.1 Å². The summed E-state index contributed by atoms with van der Waals surface area (Å²) in [5, 5.41) is 3.53. The summed E-state index contributed by atoms with van der Waals surface area (Å²) in [5.41, 5.74) is 1.15. The summed E-state index contributed by atoms with van der Waals surface area (Å²) in [4.78, 5) is 24.9. The van der Waals surface area contributed by atoms with Gasteiger partial charge in [0, 0.05) is 11.9 Å². The van der Waals surface area contributed by atoms with Crippen molar-refractivity contribution in [1.82, 2.24) is 5.32 Å². The van der Waals surface area contributed by atoms with Crippen LogP contribution < -0.4 is 10.1 Å². The maximum Gasteiger partial charge on any atom is 0.375 e. The number of hydrogen-bond acceptors (Lipinski definition) is 5. The van der Waals surface area contributed by atoms with Crippen LogP contribution in [0, 0.1) is 5.92 Å². The molecular formula is C23H25NO5. The summed E-state index contributed by atoms with van der Waals surface area (Å²) < 4.78 is 16.9. The van der Waals surface area contributed by atoms with Crippen LogP contribution in [-0.2, 0) is 16.1 Å². The normalized spacial score (nSPS) is 12.0. The van der Waals surface area contributed by atoms with E-state index in [2.05, 4.69) is 5.32 Å². The zero-order valence-electron chi connectivity index (χ0n) is 16.8. The molecule has 1 aromatic heterocycles. The number of esters is 1. The van der Waals surface area contributed by atoms with E-state index in [1.54, 1.807) is 6.07 Å². The second kappa shape index (κ2) is 9.28. The number of hydrogen-bond donors (Lipinski definition) is 1. The summed E-state index contributed by atoms with van der Waals surface area (Å²) in [5.74, 6) is -0.00608. The molecule has 0 bridgehead atoms. The van der Waals surface area contributed by atoms with Crippen LogP contribution in [0.3, 0.4) is 0 Å². The zero-order valence-corrected chi connectivity index (χ0v) is 16.8. The highest BCUT2D eigenvalue weighted by Gasteiger charge is 2.26. The number of amides is 1. The van der Waals surface area contributed by atoms with Crippen molar-refractivity contribution in [3.05, 3.63) is 65.9 Å². The van der Waals surface area contributed by atoms with Gasteiger partial charge in [0.2, 0.25) is 5.76 Å². The molecule has 152 valence electrons. The van der Waals surface area contributed by atoms with Crippen molar-refractivity contribution in [1.29, 1.82) is 0 Å². The quantitative estimate of drug-likeness (QED) is 0.575. The molecule has 0 fully saturated rings. The first-order chi connectivity index (χ1) is 14.0. The molecule has 2 aromatic carbocycles. The van der Waals surface area contributed by atoms with Crippen LogP contribution in [0.15, 0.2) is 59.0 Å². The third-order valence-corrected chi connectivity index (χ3v) is 4.35. The fourth-order valence-corrected chi connectivity index (χ4v) is 2.80. The van der Waals surface area contributed by atoms with Gasteiger partial charge in [-0.15, -0.1) is 0 Å². The summed E-state index contributed by atoms with van der Waals surface area (Å²) in [6, 6.07) is 16.6. The van der Waals surface area contributed by atoms with Crippen molar-refractivity contribution in [2.75, 3.05) is 6.54 Å². The molecule has 1 heterocycles. The van der Waals surface area contributed by atoms with Crippen LogP contribution >= 0.6 is 0 Å². The summed E-state index contributed by atoms with van der Waals surface area (Å²) in [7, 11) is 0. The molecule has 0 spiro atoms. The smallest absolute Gasteiger partial charge is 0.375 e. The molecule has 0 saturated heterocycles. The highest BCUT2D eigenvalue weighted by molar-refractivity contribution is 5.97. The minimum atomic E-state index is -0.933. The fraction of sp³-hybridized carbons (Fsp3) is 0.304. The number of furan rings is 1. The van der Waals surface area contributed by atoms with E-state index in [0.29, 0.717) is 29.4 Å². The first kappa shape index (κ1) is 20.5. The Kier molecular flexibility index (Phi) is 6.54. The molecule has 0 saturated carbocycles. The molecule has 1 N–H and O–H groups in total. The predicted molar refractivity (Wildman–Crippen MR) is 110 cm³/mol. The SMILES string of the molecule is CC(C)CNC(=O)[C@@H](C)OC(=O)c1oc2ccccc2c1COc1ccccc1. The third kappa shape index (κ3) is 5.16. The van der Waals surface area contributed by atoms with Gasteiger partial charge in [0.15, 0.2) is 6.10 Å². The standard InChI is InChI=1S/C23H25NO5/c1-15(2)13-24-22(25)16(3)28-23(26)21-19(14-27-17-9-5-4-6-10-17)18-11-7-8-12-20(18)29-21/h4-12,15-16H,13-14H2,1-3H3,(H,24,25)/t16-/m1/s1. The molecular weight excluding hydrogens is 370 g/mol. The number of carbonyl (C=O) groups is 2. The molecule has 29 heavy (non-hydrogen) atoms. The minimum Gasteiger partial charge on any atom is -0.489 e. The molecule has 0 aliphatic heterocycles. The molecule has 6 heteroatoms. The van der Waals surface area contributed by atoms with Gasteiger partial charge in [-0.2, -0.15) is 0 Å². The number of ether oxygens (including phenoxy) is 2. The predicted octanol–water partition coefficient (Wildman–Crippen LogP) is 4.33. The number of para-hydroxylation sites is 2. The van der Waals surface area contributed by atoms with Gasteiger partial charge in [-0.05, 0) is 31.0 Å². The van der Waals surface area contributed by atoms with Gasteiger partial charge in [0.05, 0.1) is 5.56 Å². The van der Waals surface area contributed by atoms with Gasteiger partial charge < -0.3 is 19.2 Å². The van der Waals surface area contributed by atoms with Crippen molar-refractivity contribution in [3.8, 4) is 5.75 Å². The first-order valence-electron chi connectivity index (χ1n) is 9.62. The lowest BCUT2D eigenvalue weighted by molar-refractivity contribution is -0.129. The van der Waals surface area contributed by atoms with E-state index >= 15 is 0 Å². The van der Waals surface area contributed by atoms with Crippen molar-refractivity contribution in [2.45, 2.75) is 33.5 Å². The Morgan fingerprint density at radius 3 is 2.41 bits per heavy atom. The van der Waals surface area contributed by atoms with Gasteiger partial charge in [-0.1, -0.05) is 50.2 Å². The molecule has 1 amide bonds. The monoisotopic (exact) mass is 395 g/mol. The van der Waals surface area contributed by atoms with Crippen LogP contribution in [0.2, 0.25) is 0 Å². The van der Waals surface area contributed by atoms with Crippen molar-refractivity contribution in [3.63, 3.8) is 0 Å². The summed E-state index contributed by atoms with van der Waals surface area (Å²) >= 11 is 0. The van der Waals surface area contributed by atoms with Gasteiger partial charge in [-0.25, -0.2) is 4.79 Å². The molecule has 0 aliphatic rings. The van der Waals surface area contributed by atoms with Crippen molar-refractivity contribution >= 4 is 22.8 Å². The fourth-order valence-electron chi connectivity index (χ4n) is 2.80. The number of nitrogens with one attached hydrogen (secondary N) is 1. The largest absolute Gasteiger partial charge is 0.489 e. The van der Waals surface area contributed by atoms with Crippen LogP contribution in [0.4, 0.5) is 0 Å². The van der Waals surface area contributed by atoms with E-state index in [4.69, 9.17) is 13.9 Å². The number of fused-ring (bicyclic) bond motifs is 1. The van der Waals surface area contributed by atoms with Gasteiger partial charge in [0.25, 0.3) is 5.91 Å². The Balaban J connectivity index is 1.78. The molecule has 3 aromatic rings. The lowest BCUT2D eigenvalue weighted by atomic mass is 10.1. The van der Waals surface area contributed by atoms with Crippen LogP contribution in [-0.4, -0.2) is 24.5 Å². The average molecular weight is 395 g/mol. The van der Waals surface area contributed by atoms with E-state index in [1.807, 2.05) is 62.4 Å². The Labute approximate surface area is 169 Å². The molecule has 0 unspecified atom stereocenters. The zero-order chi connectivity index (χ0) is 20.8. The molecule has 6 nitrogen and oxygen atoms in total. The highest BCUT2D eigenvalue weighted by Crippen LogP contribution is 2.28. The van der Waals surface area contributed by atoms with Crippen LogP contribution in [0.25, 0.3) is 11.0 Å². The van der Waals surface area contributed by atoms with E-state index in [0.717, 1.165) is 5.39 Å². The van der Waals surface area contributed by atoms with E-state index in [1.165, 1.54) is 6.92 Å². The second-order valence-electron chi connectivity index (χ2n) is 7.19. The van der Waals surface area contributed by atoms with Gasteiger partial charge in [-0.3, -0.25) is 4.79 Å². The topological polar surface area (TPSA) is 77.8 Å². The Hall–Kier alpha value is -3.28. The maximum atomic E-state index is 12.7. The molecule has 3 rings (SSSR count). The Bertz CT molecular complexity index is 977. The highest BCUT2D eigenvalue weighted by atomic mass is 16.6. The minimum absolute atomic E-state index is 0.0469. The summed E-state index contributed by atoms with van der Waals surface area (Å²) in [6.07, 6.45) is -0.933. The van der Waals surface area contributed by atoms with Gasteiger partial charge >= 0.3 is 5.97 Å². The maximum absolute atomic E-state index is 12.7. The molecule has 0 aliphatic carbocycles. The number of rotatable bonds is 8.